The molecule has 0 heterocycles. The highest BCUT2D eigenvalue weighted by Gasteiger charge is 2.34. The minimum Gasteiger partial charge on any atom is -0.504 e. The van der Waals surface area contributed by atoms with E-state index in [1.807, 2.05) is 20.8 Å². The number of anilines is 4. The Kier molecular flexibility index (Phi) is 15.5. The number of aromatic hydroxyl groups is 1. The van der Waals surface area contributed by atoms with Gasteiger partial charge in [0, 0.05) is 47.3 Å². The lowest BCUT2D eigenvalue weighted by Crippen LogP contribution is -2.56. The maximum absolute atomic E-state index is 13.4. The van der Waals surface area contributed by atoms with Crippen molar-refractivity contribution >= 4 is 63.9 Å². The van der Waals surface area contributed by atoms with Crippen molar-refractivity contribution in [1.82, 2.24) is 5.32 Å². The van der Waals surface area contributed by atoms with Gasteiger partial charge in [-0.1, -0.05) is 6.07 Å². The van der Waals surface area contributed by atoms with E-state index < -0.39 is 64.4 Å². The van der Waals surface area contributed by atoms with Gasteiger partial charge >= 0.3 is 0 Å². The first-order valence-corrected chi connectivity index (χ1v) is 20.0. The minimum atomic E-state index is -1.64. The summed E-state index contributed by atoms with van der Waals surface area (Å²) in [5.41, 5.74) is 7.46. The predicted molar refractivity (Wildman–Crippen MR) is 241 cm³/mol. The summed E-state index contributed by atoms with van der Waals surface area (Å²) in [5, 5.41) is 35.2. The third-order valence-corrected chi connectivity index (χ3v) is 9.29. The lowest BCUT2D eigenvalue weighted by atomic mass is 10.1. The van der Waals surface area contributed by atoms with Crippen LogP contribution in [0.5, 0.6) is 17.2 Å². The van der Waals surface area contributed by atoms with Crippen molar-refractivity contribution < 1.29 is 53.0 Å². The van der Waals surface area contributed by atoms with Gasteiger partial charge in [-0.3, -0.25) is 38.9 Å². The molecule has 0 aliphatic heterocycles. The first kappa shape index (κ1) is 47.7. The maximum atomic E-state index is 13.4. The molecule has 0 aliphatic carbocycles. The number of nitro groups is 1. The van der Waals surface area contributed by atoms with E-state index in [9.17, 15) is 44.0 Å². The Morgan fingerprint density at radius 2 is 1.15 bits per heavy atom. The van der Waals surface area contributed by atoms with Crippen molar-refractivity contribution in [2.45, 2.75) is 59.0 Å². The summed E-state index contributed by atoms with van der Waals surface area (Å²) < 4.78 is 17.0. The summed E-state index contributed by atoms with van der Waals surface area (Å²) in [6.07, 6.45) is -2.24. The average molecular weight is 890 g/mol. The van der Waals surface area contributed by atoms with Crippen LogP contribution >= 0.6 is 0 Å². The fourth-order valence-corrected chi connectivity index (χ4v) is 6.15. The zero-order valence-electron chi connectivity index (χ0n) is 36.1. The Hall–Kier alpha value is -8.32. The van der Waals surface area contributed by atoms with Crippen molar-refractivity contribution in [1.29, 1.82) is 0 Å². The van der Waals surface area contributed by atoms with E-state index in [2.05, 4.69) is 26.6 Å². The Bertz CT molecular complexity index is 2600. The number of nitrogens with zero attached hydrogens (tertiary/aromatic N) is 1. The van der Waals surface area contributed by atoms with Gasteiger partial charge in [-0.05, 0) is 125 Å². The SMILES string of the molecule is COC(C(=O)Nc1ccc(C(=O)Nc2ccc(C(=O)Nc3ccc(C)cc3OC(C)C)c(O)c2OC(C)C)cc1)C(NC(=O)c1ccc(NC(=O)c2ccc([N+](=O)[O-])cc2)cc1)C(N)=O. The molecule has 65 heavy (non-hydrogen) atoms. The normalized spacial score (nSPS) is 11.8. The van der Waals surface area contributed by atoms with E-state index in [1.165, 1.54) is 84.9 Å². The number of primary amides is 1. The molecule has 5 aromatic rings. The number of nitro benzene ring substituents is 1. The molecule has 0 spiro atoms. The van der Waals surface area contributed by atoms with Crippen LogP contribution in [0, 0.1) is 17.0 Å². The van der Waals surface area contributed by atoms with Crippen molar-refractivity contribution in [3.8, 4) is 17.2 Å². The number of amides is 6. The molecule has 0 saturated carbocycles. The van der Waals surface area contributed by atoms with Crippen molar-refractivity contribution in [2.24, 2.45) is 5.73 Å². The molecule has 2 unspecified atom stereocenters. The third-order valence-electron chi connectivity index (χ3n) is 9.29. The number of phenols is 1. The number of rotatable bonds is 18. The van der Waals surface area contributed by atoms with Gasteiger partial charge in [-0.15, -0.1) is 0 Å². The van der Waals surface area contributed by atoms with Crippen molar-refractivity contribution in [2.75, 3.05) is 28.4 Å². The van der Waals surface area contributed by atoms with E-state index in [0.717, 1.165) is 12.7 Å². The highest BCUT2D eigenvalue weighted by Crippen LogP contribution is 2.39. The lowest BCUT2D eigenvalue weighted by Gasteiger charge is -2.24. The quantitative estimate of drug-likeness (QED) is 0.0384. The summed E-state index contributed by atoms with van der Waals surface area (Å²) in [4.78, 5) is 88.8. The fourth-order valence-electron chi connectivity index (χ4n) is 6.15. The van der Waals surface area contributed by atoms with Crippen molar-refractivity contribution in [3.63, 3.8) is 0 Å². The molecule has 8 N–H and O–H groups in total. The molecule has 2 atom stereocenters. The molecule has 5 aromatic carbocycles. The number of hydrogen-bond acceptors (Lipinski definition) is 12. The molecule has 0 radical (unpaired) electrons. The fraction of sp³-hybridized carbons (Fsp3) is 0.217. The number of methoxy groups -OCH3 is 1. The first-order chi connectivity index (χ1) is 30.8. The number of aryl methyl sites for hydroxylation is 1. The van der Waals surface area contributed by atoms with E-state index in [0.29, 0.717) is 17.1 Å². The van der Waals surface area contributed by atoms with Crippen LogP contribution in [0.3, 0.4) is 0 Å². The summed E-state index contributed by atoms with van der Waals surface area (Å²) in [5.74, 6) is -4.78. The summed E-state index contributed by atoms with van der Waals surface area (Å²) in [6, 6.07) is 22.5. The van der Waals surface area contributed by atoms with Gasteiger partial charge in [0.15, 0.2) is 17.6 Å². The van der Waals surface area contributed by atoms with Gasteiger partial charge in [-0.25, -0.2) is 0 Å². The smallest absolute Gasteiger partial charge is 0.269 e. The highest BCUT2D eigenvalue weighted by atomic mass is 16.6. The molecule has 19 nitrogen and oxygen atoms in total. The van der Waals surface area contributed by atoms with Crippen LogP contribution in [0.4, 0.5) is 28.4 Å². The number of carbonyl (C=O) groups excluding carboxylic acids is 6. The predicted octanol–water partition coefficient (Wildman–Crippen LogP) is 6.18. The molecular weight excluding hydrogens is 843 g/mol. The molecule has 0 aliphatic rings. The zero-order chi connectivity index (χ0) is 47.5. The Morgan fingerprint density at radius 1 is 0.646 bits per heavy atom. The molecule has 0 fully saturated rings. The minimum absolute atomic E-state index is 0.0394. The van der Waals surface area contributed by atoms with E-state index in [-0.39, 0.29) is 51.2 Å². The van der Waals surface area contributed by atoms with Crippen LogP contribution in [-0.4, -0.2) is 76.9 Å². The molecule has 19 heteroatoms. The van der Waals surface area contributed by atoms with E-state index >= 15 is 0 Å². The zero-order valence-corrected chi connectivity index (χ0v) is 36.1. The molecule has 0 aromatic heterocycles. The average Bonchev–Trinajstić information content (AvgIpc) is 3.25. The second kappa shape index (κ2) is 21.2. The number of hydrogen-bond donors (Lipinski definition) is 7. The standard InChI is InChI=1S/C46H47N7O12/c1-24(2)64-36-23-26(5)7-21-34(36)50-45(59)33-20-22-35(39(38(33)54)65-25(3)4)51-43(57)27-8-16-31(17-9-27)49-46(60)40(63-6)37(41(47)55)52-44(58)28-10-14-30(15-11-28)48-42(56)29-12-18-32(19-13-29)53(61)62/h7-25,37,40,54H,1-6H3,(H2,47,55)(H,48,56)(H,49,60)(H,50,59)(H,51,57)(H,52,58). The Morgan fingerprint density at radius 3 is 1.69 bits per heavy atom. The largest absolute Gasteiger partial charge is 0.504 e. The molecular formula is C46H47N7O12. The lowest BCUT2D eigenvalue weighted by molar-refractivity contribution is -0.384. The van der Waals surface area contributed by atoms with Crippen LogP contribution in [0.2, 0.25) is 0 Å². The maximum Gasteiger partial charge on any atom is 0.269 e. The second-order valence-corrected chi connectivity index (χ2v) is 15.0. The van der Waals surface area contributed by atoms with Crippen LogP contribution < -0.4 is 41.8 Å². The van der Waals surface area contributed by atoms with E-state index in [4.69, 9.17) is 19.9 Å². The van der Waals surface area contributed by atoms with Crippen LogP contribution in [-0.2, 0) is 14.3 Å². The Labute approximate surface area is 372 Å². The van der Waals surface area contributed by atoms with E-state index in [1.54, 1.807) is 32.0 Å². The monoisotopic (exact) mass is 889 g/mol. The molecule has 5 rings (SSSR count). The number of nitrogens with two attached hydrogens (primary N) is 1. The summed E-state index contributed by atoms with van der Waals surface area (Å²) in [7, 11) is 1.14. The van der Waals surface area contributed by atoms with Crippen LogP contribution in [0.15, 0.2) is 103 Å². The van der Waals surface area contributed by atoms with Gasteiger partial charge in [0.2, 0.25) is 5.91 Å². The Balaban J connectivity index is 1.22. The van der Waals surface area contributed by atoms with Crippen LogP contribution in [0.1, 0.15) is 74.7 Å². The van der Waals surface area contributed by atoms with Gasteiger partial charge in [-0.2, -0.15) is 0 Å². The third kappa shape index (κ3) is 12.4. The number of non-ortho nitro benzene ring substituents is 1. The molecule has 338 valence electrons. The summed E-state index contributed by atoms with van der Waals surface area (Å²) in [6.45, 7) is 9.01. The van der Waals surface area contributed by atoms with Crippen molar-refractivity contribution in [3.05, 3.63) is 141 Å². The number of phenolic OH excluding ortho intramolecular Hbond substituents is 1. The first-order valence-electron chi connectivity index (χ1n) is 20.0. The van der Waals surface area contributed by atoms with Crippen LogP contribution in [0.25, 0.3) is 0 Å². The molecule has 6 amide bonds. The van der Waals surface area contributed by atoms with Gasteiger partial charge in [0.05, 0.1) is 34.1 Å². The molecule has 0 bridgehead atoms. The summed E-state index contributed by atoms with van der Waals surface area (Å²) >= 11 is 0. The van der Waals surface area contributed by atoms with Gasteiger partial charge < -0.3 is 51.6 Å². The number of ether oxygens (including phenoxy) is 3. The topological polar surface area (TPSA) is 280 Å². The number of carbonyl (C=O) groups is 6. The van der Waals surface area contributed by atoms with Gasteiger partial charge in [0.25, 0.3) is 35.2 Å². The number of nitrogens with one attached hydrogen (secondary N) is 5. The second-order valence-electron chi connectivity index (χ2n) is 15.0. The molecule has 0 saturated heterocycles. The van der Waals surface area contributed by atoms with Gasteiger partial charge in [0.1, 0.15) is 11.8 Å². The number of benzene rings is 5. The highest BCUT2D eigenvalue weighted by molar-refractivity contribution is 6.10.